The monoisotopic (exact) mass is 337 g/mol. The number of ether oxygens (including phenoxy) is 1. The molecule has 6 heteroatoms. The van der Waals surface area contributed by atoms with E-state index in [-0.39, 0.29) is 6.61 Å². The normalized spacial score (nSPS) is 13.7. The highest BCUT2D eigenvalue weighted by atomic mass is 35.5. The third-order valence-electron chi connectivity index (χ3n) is 3.85. The highest BCUT2D eigenvalue weighted by Gasteiger charge is 2.32. The Morgan fingerprint density at radius 1 is 1.35 bits per heavy atom. The first-order chi connectivity index (χ1) is 10.9. The molecule has 124 valence electrons. The second-order valence-corrected chi connectivity index (χ2v) is 5.86. The van der Waals surface area contributed by atoms with Crippen LogP contribution in [0, 0.1) is 0 Å². The van der Waals surface area contributed by atoms with Crippen molar-refractivity contribution >= 4 is 17.6 Å². The molecule has 23 heavy (non-hydrogen) atoms. The van der Waals surface area contributed by atoms with Gasteiger partial charge in [-0.1, -0.05) is 25.4 Å². The van der Waals surface area contributed by atoms with E-state index in [0.29, 0.717) is 29.5 Å². The second kappa shape index (κ2) is 7.15. The lowest BCUT2D eigenvalue weighted by molar-refractivity contribution is -0.166. The summed E-state index contributed by atoms with van der Waals surface area (Å²) in [5.41, 5.74) is 0.337. The lowest BCUT2D eigenvalue weighted by atomic mass is 10.0. The van der Waals surface area contributed by atoms with Crippen LogP contribution in [0.2, 0.25) is 5.02 Å². The Labute approximate surface area is 140 Å². The van der Waals surface area contributed by atoms with E-state index in [1.54, 1.807) is 26.0 Å². The number of nitrogens with zero attached hydrogens (tertiary/aromatic N) is 1. The number of hydrogen-bond donors (Lipinski definition) is 1. The molecule has 1 aromatic heterocycles. The van der Waals surface area contributed by atoms with E-state index < -0.39 is 11.6 Å². The zero-order valence-corrected chi connectivity index (χ0v) is 14.2. The lowest BCUT2D eigenvalue weighted by Gasteiger charge is -2.23. The first kappa shape index (κ1) is 17.5. The number of benzene rings is 1. The van der Waals surface area contributed by atoms with Gasteiger partial charge in [-0.15, -0.1) is 0 Å². The summed E-state index contributed by atoms with van der Waals surface area (Å²) < 4.78 is 11.4. The van der Waals surface area contributed by atoms with Crippen molar-refractivity contribution in [2.24, 2.45) is 0 Å². The lowest BCUT2D eigenvalue weighted by Crippen LogP contribution is -2.37. The standard InChI is InChI=1S/C17H20ClNO4/c1-4-13-14(10-22-17(3,5-2)16(20)21)23-15(19-13)11-6-8-12(18)9-7-11/h6-9H,4-5,10H2,1-3H3,(H,20,21). The van der Waals surface area contributed by atoms with E-state index in [4.69, 9.17) is 20.8 Å². The van der Waals surface area contributed by atoms with E-state index >= 15 is 0 Å². The van der Waals surface area contributed by atoms with Gasteiger partial charge in [0.2, 0.25) is 5.89 Å². The van der Waals surface area contributed by atoms with Crippen LogP contribution >= 0.6 is 11.6 Å². The summed E-state index contributed by atoms with van der Waals surface area (Å²) in [7, 11) is 0. The molecular formula is C17H20ClNO4. The number of aliphatic carboxylic acids is 1. The van der Waals surface area contributed by atoms with E-state index in [9.17, 15) is 9.90 Å². The number of aromatic nitrogens is 1. The molecule has 0 bridgehead atoms. The molecule has 1 aromatic carbocycles. The summed E-state index contributed by atoms with van der Waals surface area (Å²) in [6.07, 6.45) is 1.04. The maximum Gasteiger partial charge on any atom is 0.335 e. The van der Waals surface area contributed by atoms with Crippen LogP contribution in [0.5, 0.6) is 0 Å². The predicted molar refractivity (Wildman–Crippen MR) is 87.4 cm³/mol. The predicted octanol–water partition coefficient (Wildman–Crippen LogP) is 4.33. The van der Waals surface area contributed by atoms with Crippen molar-refractivity contribution in [3.05, 3.63) is 40.7 Å². The summed E-state index contributed by atoms with van der Waals surface area (Å²) in [5.74, 6) is 0.0412. The molecule has 0 saturated carbocycles. The van der Waals surface area contributed by atoms with Gasteiger partial charge in [-0.2, -0.15) is 0 Å². The molecule has 0 radical (unpaired) electrons. The average Bonchev–Trinajstić information content (AvgIpc) is 2.96. The van der Waals surface area contributed by atoms with Gasteiger partial charge in [0, 0.05) is 10.6 Å². The minimum absolute atomic E-state index is 0.0698. The molecule has 0 aliphatic carbocycles. The van der Waals surface area contributed by atoms with Gasteiger partial charge in [-0.3, -0.25) is 0 Å². The Morgan fingerprint density at radius 2 is 2.00 bits per heavy atom. The third kappa shape index (κ3) is 3.92. The summed E-state index contributed by atoms with van der Waals surface area (Å²) in [4.78, 5) is 15.8. The molecule has 0 amide bonds. The number of carbonyl (C=O) groups is 1. The molecule has 1 N–H and O–H groups in total. The van der Waals surface area contributed by atoms with Gasteiger partial charge >= 0.3 is 5.97 Å². The van der Waals surface area contributed by atoms with Crippen molar-refractivity contribution in [1.29, 1.82) is 0 Å². The SMILES string of the molecule is CCc1nc(-c2ccc(Cl)cc2)oc1COC(C)(CC)C(=O)O. The van der Waals surface area contributed by atoms with Crippen molar-refractivity contribution in [1.82, 2.24) is 4.98 Å². The van der Waals surface area contributed by atoms with Crippen molar-refractivity contribution in [2.45, 2.75) is 45.8 Å². The van der Waals surface area contributed by atoms with Crippen LogP contribution in [0.25, 0.3) is 11.5 Å². The van der Waals surface area contributed by atoms with Crippen molar-refractivity contribution in [2.75, 3.05) is 0 Å². The highest BCUT2D eigenvalue weighted by molar-refractivity contribution is 6.30. The molecule has 0 spiro atoms. The Bertz CT molecular complexity index is 680. The first-order valence-electron chi connectivity index (χ1n) is 7.51. The van der Waals surface area contributed by atoms with Gasteiger partial charge in [0.15, 0.2) is 11.4 Å². The van der Waals surface area contributed by atoms with E-state index in [2.05, 4.69) is 4.98 Å². The molecule has 0 aliphatic rings. The van der Waals surface area contributed by atoms with Crippen LogP contribution < -0.4 is 0 Å². The molecule has 0 saturated heterocycles. The van der Waals surface area contributed by atoms with Gasteiger partial charge in [-0.05, 0) is 44.0 Å². The zero-order chi connectivity index (χ0) is 17.0. The Morgan fingerprint density at radius 3 is 2.52 bits per heavy atom. The molecule has 1 atom stereocenters. The molecule has 0 fully saturated rings. The second-order valence-electron chi connectivity index (χ2n) is 5.43. The smallest absolute Gasteiger partial charge is 0.335 e. The quantitative estimate of drug-likeness (QED) is 0.814. The molecule has 2 aromatic rings. The minimum atomic E-state index is -1.24. The summed E-state index contributed by atoms with van der Waals surface area (Å²) in [5, 5.41) is 9.90. The number of carboxylic acids is 1. The van der Waals surface area contributed by atoms with Crippen LogP contribution in [-0.4, -0.2) is 21.7 Å². The summed E-state index contributed by atoms with van der Waals surface area (Å²) in [6.45, 7) is 5.36. The topological polar surface area (TPSA) is 72.6 Å². The first-order valence-corrected chi connectivity index (χ1v) is 7.89. The van der Waals surface area contributed by atoms with Crippen LogP contribution in [0.15, 0.2) is 28.7 Å². The van der Waals surface area contributed by atoms with Gasteiger partial charge in [-0.25, -0.2) is 9.78 Å². The average molecular weight is 338 g/mol. The molecule has 5 nitrogen and oxygen atoms in total. The van der Waals surface area contributed by atoms with E-state index in [0.717, 1.165) is 11.3 Å². The molecule has 1 unspecified atom stereocenters. The molecule has 1 heterocycles. The molecular weight excluding hydrogens is 318 g/mol. The van der Waals surface area contributed by atoms with Gasteiger partial charge in [0.05, 0.1) is 5.69 Å². The maximum absolute atomic E-state index is 11.3. The summed E-state index contributed by atoms with van der Waals surface area (Å²) in [6, 6.07) is 7.18. The highest BCUT2D eigenvalue weighted by Crippen LogP contribution is 2.26. The van der Waals surface area contributed by atoms with Crippen LogP contribution in [0.4, 0.5) is 0 Å². The van der Waals surface area contributed by atoms with Crippen LogP contribution in [0.1, 0.15) is 38.6 Å². The van der Waals surface area contributed by atoms with Crippen molar-refractivity contribution in [3.63, 3.8) is 0 Å². The number of rotatable bonds is 7. The van der Waals surface area contributed by atoms with Crippen LogP contribution in [0.3, 0.4) is 0 Å². The fourth-order valence-electron chi connectivity index (χ4n) is 2.03. The number of oxazole rings is 1. The summed E-state index contributed by atoms with van der Waals surface area (Å²) >= 11 is 5.88. The van der Waals surface area contributed by atoms with Crippen molar-refractivity contribution < 1.29 is 19.1 Å². The fourth-order valence-corrected chi connectivity index (χ4v) is 2.15. The van der Waals surface area contributed by atoms with E-state index in [1.165, 1.54) is 0 Å². The third-order valence-corrected chi connectivity index (χ3v) is 4.11. The maximum atomic E-state index is 11.3. The van der Waals surface area contributed by atoms with E-state index in [1.807, 2.05) is 19.1 Å². The van der Waals surface area contributed by atoms with Gasteiger partial charge in [0.1, 0.15) is 6.61 Å². The number of aryl methyl sites for hydroxylation is 1. The van der Waals surface area contributed by atoms with Gasteiger partial charge < -0.3 is 14.3 Å². The fraction of sp³-hybridized carbons (Fsp3) is 0.412. The molecule has 0 aliphatic heterocycles. The number of hydrogen-bond acceptors (Lipinski definition) is 4. The Balaban J connectivity index is 2.22. The Hall–Kier alpha value is -1.85. The van der Waals surface area contributed by atoms with Gasteiger partial charge in [0.25, 0.3) is 0 Å². The largest absolute Gasteiger partial charge is 0.479 e. The number of halogens is 1. The van der Waals surface area contributed by atoms with Crippen LogP contribution in [-0.2, 0) is 22.6 Å². The zero-order valence-electron chi connectivity index (χ0n) is 13.4. The molecule has 2 rings (SSSR count). The Kier molecular flexibility index (Phi) is 5.44. The number of carboxylic acid groups (broad SMARTS) is 1. The minimum Gasteiger partial charge on any atom is -0.479 e. The van der Waals surface area contributed by atoms with Crippen molar-refractivity contribution in [3.8, 4) is 11.5 Å².